The monoisotopic (exact) mass is 434 g/mol. The molecule has 0 saturated carbocycles. The van der Waals surface area contributed by atoms with Crippen LogP contribution in [-0.4, -0.2) is 46.2 Å². The highest BCUT2D eigenvalue weighted by Crippen LogP contribution is 2.27. The molecule has 31 heavy (non-hydrogen) atoms. The smallest absolute Gasteiger partial charge is 0.256 e. The number of aliphatic imine (C=N–C) groups is 1. The molecule has 1 saturated heterocycles. The van der Waals surface area contributed by atoms with Crippen molar-refractivity contribution in [1.82, 2.24) is 20.5 Å². The summed E-state index contributed by atoms with van der Waals surface area (Å²) in [6, 6.07) is 7.80. The van der Waals surface area contributed by atoms with E-state index in [1.54, 1.807) is 13.1 Å². The molecule has 1 aliphatic rings. The number of aromatic nitrogens is 3. The van der Waals surface area contributed by atoms with Gasteiger partial charge in [0.15, 0.2) is 5.90 Å². The number of nitrogens with one attached hydrogen (secondary N) is 2. The normalized spacial score (nSPS) is 14.6. The highest BCUT2D eigenvalue weighted by atomic mass is 32.1. The highest BCUT2D eigenvalue weighted by Gasteiger charge is 2.18. The minimum Gasteiger partial charge on any atom is -0.475 e. The van der Waals surface area contributed by atoms with E-state index in [1.807, 2.05) is 31.2 Å². The van der Waals surface area contributed by atoms with Gasteiger partial charge < -0.3 is 15.4 Å². The second-order valence-corrected chi connectivity index (χ2v) is 8.28. The standard InChI is InChI=1S/C22H22N6O2S/c1-13(6-7-24-14(2)30-19-11-23-12-19)21(29)26-20-9-18-8-16(4-5-17(18)10-25-20)22-28-27-15(3)31-22/h4-10,19,23H,1,11-12H2,2-3H3,(H,25,26,29)/b7-6-,24-14?. The molecule has 9 heteroatoms. The average Bonchev–Trinajstić information content (AvgIpc) is 3.16. The van der Waals surface area contributed by atoms with Crippen LogP contribution < -0.4 is 10.6 Å². The Balaban J connectivity index is 1.42. The fourth-order valence-corrected chi connectivity index (χ4v) is 3.57. The van der Waals surface area contributed by atoms with Crippen molar-refractivity contribution in [2.45, 2.75) is 20.0 Å². The molecule has 158 valence electrons. The summed E-state index contributed by atoms with van der Waals surface area (Å²) in [5, 5.41) is 17.8. The molecule has 4 rings (SSSR count). The lowest BCUT2D eigenvalue weighted by atomic mass is 10.1. The summed E-state index contributed by atoms with van der Waals surface area (Å²) < 4.78 is 5.60. The Hall–Kier alpha value is -3.43. The molecule has 0 aliphatic carbocycles. The van der Waals surface area contributed by atoms with Gasteiger partial charge in [0.1, 0.15) is 21.9 Å². The number of amides is 1. The molecule has 0 unspecified atom stereocenters. The lowest BCUT2D eigenvalue weighted by Crippen LogP contribution is -2.49. The van der Waals surface area contributed by atoms with Gasteiger partial charge >= 0.3 is 0 Å². The maximum Gasteiger partial charge on any atom is 0.256 e. The van der Waals surface area contributed by atoms with Gasteiger partial charge in [-0.3, -0.25) is 4.79 Å². The van der Waals surface area contributed by atoms with Gasteiger partial charge in [0.2, 0.25) is 0 Å². The van der Waals surface area contributed by atoms with Crippen LogP contribution >= 0.6 is 11.3 Å². The molecule has 0 spiro atoms. The highest BCUT2D eigenvalue weighted by molar-refractivity contribution is 7.14. The number of pyridine rings is 1. The third kappa shape index (κ3) is 5.19. The molecular weight excluding hydrogens is 412 g/mol. The number of benzene rings is 1. The molecule has 1 amide bonds. The number of carbonyl (C=O) groups excluding carboxylic acids is 1. The molecule has 0 atom stereocenters. The molecule has 2 aromatic heterocycles. The van der Waals surface area contributed by atoms with E-state index in [4.69, 9.17) is 4.74 Å². The third-order valence-corrected chi connectivity index (χ3v) is 5.53. The van der Waals surface area contributed by atoms with Crippen LogP contribution in [0.25, 0.3) is 21.3 Å². The van der Waals surface area contributed by atoms with Crippen LogP contribution in [-0.2, 0) is 9.53 Å². The zero-order chi connectivity index (χ0) is 21.8. The third-order valence-electron chi connectivity index (χ3n) is 4.64. The Morgan fingerprint density at radius 2 is 2.16 bits per heavy atom. The summed E-state index contributed by atoms with van der Waals surface area (Å²) in [5.41, 5.74) is 1.24. The number of nitrogens with zero attached hydrogens (tertiary/aromatic N) is 4. The van der Waals surface area contributed by atoms with Crippen LogP contribution in [0.5, 0.6) is 0 Å². The minimum atomic E-state index is -0.351. The SMILES string of the molecule is C=C(/C=C\N=C(C)OC1CNC1)C(=O)Nc1cc2cc(-c3nnc(C)s3)ccc2cn1. The van der Waals surface area contributed by atoms with Gasteiger partial charge in [0, 0.05) is 48.9 Å². The summed E-state index contributed by atoms with van der Waals surface area (Å²) in [6.45, 7) is 9.15. The van der Waals surface area contributed by atoms with Crippen molar-refractivity contribution in [2.75, 3.05) is 18.4 Å². The van der Waals surface area contributed by atoms with E-state index in [-0.39, 0.29) is 17.6 Å². The second kappa shape index (κ2) is 9.15. The predicted octanol–water partition coefficient (Wildman–Crippen LogP) is 3.48. The molecule has 2 N–H and O–H groups in total. The van der Waals surface area contributed by atoms with Crippen molar-refractivity contribution in [1.29, 1.82) is 0 Å². The molecule has 1 aromatic carbocycles. The summed E-state index contributed by atoms with van der Waals surface area (Å²) in [6.07, 6.45) is 4.93. The first kappa shape index (κ1) is 20.8. The first-order valence-electron chi connectivity index (χ1n) is 9.77. The maximum absolute atomic E-state index is 12.4. The van der Waals surface area contributed by atoms with Crippen molar-refractivity contribution in [3.8, 4) is 10.6 Å². The Morgan fingerprint density at radius 3 is 2.87 bits per heavy atom. The summed E-state index contributed by atoms with van der Waals surface area (Å²) in [7, 11) is 0. The minimum absolute atomic E-state index is 0.166. The number of anilines is 1. The molecule has 3 aromatic rings. The summed E-state index contributed by atoms with van der Waals surface area (Å²) in [4.78, 5) is 20.9. The summed E-state index contributed by atoms with van der Waals surface area (Å²) >= 11 is 1.54. The lowest BCUT2D eigenvalue weighted by molar-refractivity contribution is -0.112. The van der Waals surface area contributed by atoms with E-state index >= 15 is 0 Å². The van der Waals surface area contributed by atoms with Gasteiger partial charge in [-0.05, 0) is 30.5 Å². The largest absolute Gasteiger partial charge is 0.475 e. The number of rotatable bonds is 6. The topological polar surface area (TPSA) is 101 Å². The van der Waals surface area contributed by atoms with Gasteiger partial charge in [0.05, 0.1) is 0 Å². The van der Waals surface area contributed by atoms with Gasteiger partial charge in [0.25, 0.3) is 5.91 Å². The average molecular weight is 435 g/mol. The number of hydrogen-bond donors (Lipinski definition) is 2. The van der Waals surface area contributed by atoms with E-state index in [9.17, 15) is 4.79 Å². The quantitative estimate of drug-likeness (QED) is 0.267. The van der Waals surface area contributed by atoms with Crippen molar-refractivity contribution in [2.24, 2.45) is 4.99 Å². The van der Waals surface area contributed by atoms with Crippen LogP contribution in [0.15, 0.2) is 59.9 Å². The molecule has 3 heterocycles. The van der Waals surface area contributed by atoms with Crippen molar-refractivity contribution in [3.63, 3.8) is 0 Å². The van der Waals surface area contributed by atoms with E-state index in [1.165, 1.54) is 23.6 Å². The van der Waals surface area contributed by atoms with Gasteiger partial charge in [-0.25, -0.2) is 9.98 Å². The molecule has 8 nitrogen and oxygen atoms in total. The van der Waals surface area contributed by atoms with Crippen LogP contribution in [0, 0.1) is 6.92 Å². The van der Waals surface area contributed by atoms with Crippen molar-refractivity contribution in [3.05, 3.63) is 59.9 Å². The second-order valence-electron chi connectivity index (χ2n) is 7.10. The zero-order valence-corrected chi connectivity index (χ0v) is 18.1. The predicted molar refractivity (Wildman–Crippen MR) is 123 cm³/mol. The van der Waals surface area contributed by atoms with Gasteiger partial charge in [-0.2, -0.15) is 0 Å². The Morgan fingerprint density at radius 1 is 1.32 bits per heavy atom. The van der Waals surface area contributed by atoms with Crippen molar-refractivity contribution >= 4 is 39.7 Å². The molecule has 0 bridgehead atoms. The maximum atomic E-state index is 12.4. The van der Waals surface area contributed by atoms with Crippen LogP contribution in [0.3, 0.4) is 0 Å². The Bertz CT molecular complexity index is 1200. The van der Waals surface area contributed by atoms with Crippen LogP contribution in [0.4, 0.5) is 5.82 Å². The summed E-state index contributed by atoms with van der Waals surface area (Å²) in [5.74, 6) is 0.641. The number of ether oxygens (including phenoxy) is 1. The fraction of sp³-hybridized carbons (Fsp3) is 0.227. The fourth-order valence-electron chi connectivity index (χ4n) is 2.88. The lowest BCUT2D eigenvalue weighted by Gasteiger charge is -2.27. The van der Waals surface area contributed by atoms with E-state index in [0.29, 0.717) is 11.7 Å². The van der Waals surface area contributed by atoms with Gasteiger partial charge in [-0.15, -0.1) is 10.2 Å². The molecule has 0 radical (unpaired) electrons. The Kier molecular flexibility index (Phi) is 6.15. The number of aryl methyl sites for hydroxylation is 1. The first-order chi connectivity index (χ1) is 15.0. The number of carbonyl (C=O) groups is 1. The zero-order valence-electron chi connectivity index (χ0n) is 17.3. The van der Waals surface area contributed by atoms with Crippen LogP contribution in [0.2, 0.25) is 0 Å². The molecular formula is C22H22N6O2S. The number of fused-ring (bicyclic) bond motifs is 1. The number of hydrogen-bond acceptors (Lipinski definition) is 8. The van der Waals surface area contributed by atoms with E-state index in [0.717, 1.165) is 39.4 Å². The molecule has 1 aliphatic heterocycles. The van der Waals surface area contributed by atoms with Crippen molar-refractivity contribution < 1.29 is 9.53 Å². The van der Waals surface area contributed by atoms with Crippen LogP contribution in [0.1, 0.15) is 11.9 Å². The Labute approximate surface area is 183 Å². The van der Waals surface area contributed by atoms with E-state index < -0.39 is 0 Å². The molecule has 1 fully saturated rings. The first-order valence-corrected chi connectivity index (χ1v) is 10.6. The van der Waals surface area contributed by atoms with Gasteiger partial charge in [-0.1, -0.05) is 30.0 Å². The van der Waals surface area contributed by atoms with E-state index in [2.05, 4.69) is 37.4 Å².